The fourth-order valence-electron chi connectivity index (χ4n) is 6.39. The third-order valence-electron chi connectivity index (χ3n) is 7.82. The van der Waals surface area contributed by atoms with Gasteiger partial charge in [0.05, 0.1) is 7.11 Å². The van der Waals surface area contributed by atoms with E-state index in [0.717, 1.165) is 30.9 Å². The number of carboxylic acids is 1. The zero-order chi connectivity index (χ0) is 21.9. The van der Waals surface area contributed by atoms with E-state index in [2.05, 4.69) is 29.8 Å². The smallest absolute Gasteiger partial charge is 0.328 e. The molecule has 2 heterocycles. The van der Waals surface area contributed by atoms with E-state index in [1.165, 1.54) is 0 Å². The number of hydrogen-bond donors (Lipinski definition) is 2. The minimum atomic E-state index is -1.01. The van der Waals surface area contributed by atoms with Gasteiger partial charge in [-0.3, -0.25) is 4.79 Å². The molecular weight excluding hydrogens is 400 g/mol. The number of carbonyl (C=O) groups excluding carboxylic acids is 1. The van der Waals surface area contributed by atoms with Crippen LogP contribution in [0.5, 0.6) is 0 Å². The van der Waals surface area contributed by atoms with Gasteiger partial charge in [0.25, 0.3) is 0 Å². The fourth-order valence-corrected chi connectivity index (χ4v) is 6.39. The van der Waals surface area contributed by atoms with Crippen LogP contribution in [0, 0.1) is 23.2 Å². The first-order valence-electron chi connectivity index (χ1n) is 10.9. The van der Waals surface area contributed by atoms with Crippen molar-refractivity contribution >= 4 is 11.9 Å². The monoisotopic (exact) mass is 428 g/mol. The highest BCUT2D eigenvalue weighted by molar-refractivity contribution is 5.77. The second-order valence-corrected chi connectivity index (χ2v) is 9.24. The third-order valence-corrected chi connectivity index (χ3v) is 7.82. The number of hydrogen-bond acceptors (Lipinski definition) is 7. The van der Waals surface area contributed by atoms with Gasteiger partial charge in [-0.15, -0.1) is 0 Å². The number of esters is 1. The predicted molar refractivity (Wildman–Crippen MR) is 109 cm³/mol. The highest BCUT2D eigenvalue weighted by Gasteiger charge is 2.69. The summed E-state index contributed by atoms with van der Waals surface area (Å²) >= 11 is 0. The number of nitrogens with two attached hydrogens (primary N) is 1. The number of ether oxygens (including phenoxy) is 3. The number of likely N-dealkylation sites (tertiary alicyclic amines) is 1. The van der Waals surface area contributed by atoms with Gasteiger partial charge < -0.3 is 30.0 Å². The van der Waals surface area contributed by atoms with Gasteiger partial charge in [-0.05, 0) is 50.9 Å². The largest absolute Gasteiger partial charge is 0.493 e. The molecule has 2 bridgehead atoms. The molecule has 2 saturated heterocycles. The maximum atomic E-state index is 12.6. The Morgan fingerprint density at radius 3 is 3.03 bits per heavy atom. The molecule has 0 radical (unpaired) electrons. The number of piperidine rings is 1. The molecule has 1 saturated carbocycles. The van der Waals surface area contributed by atoms with E-state index in [1.807, 2.05) is 6.08 Å². The van der Waals surface area contributed by atoms with E-state index in [0.29, 0.717) is 17.7 Å². The fraction of sp³-hybridized carbons (Fsp3) is 0.609. The van der Waals surface area contributed by atoms with Crippen molar-refractivity contribution in [1.82, 2.24) is 4.90 Å². The van der Waals surface area contributed by atoms with Crippen molar-refractivity contribution in [3.8, 4) is 0 Å². The van der Waals surface area contributed by atoms with Gasteiger partial charge in [0.1, 0.15) is 11.8 Å². The van der Waals surface area contributed by atoms with Gasteiger partial charge in [-0.25, -0.2) is 4.79 Å². The molecule has 2 aliphatic heterocycles. The summed E-state index contributed by atoms with van der Waals surface area (Å²) in [4.78, 5) is 25.8. The molecule has 3 aliphatic carbocycles. The Kier molecular flexibility index (Phi) is 4.77. The number of methoxy groups -OCH3 is 1. The Balaban J connectivity index is 1.50. The Morgan fingerprint density at radius 2 is 2.29 bits per heavy atom. The molecule has 3 N–H and O–H groups in total. The summed E-state index contributed by atoms with van der Waals surface area (Å²) in [5.74, 6) is 1.00. The van der Waals surface area contributed by atoms with Gasteiger partial charge in [-0.2, -0.15) is 0 Å². The summed E-state index contributed by atoms with van der Waals surface area (Å²) in [6.07, 6.45) is 7.61. The Hall–Kier alpha value is -2.54. The Labute approximate surface area is 181 Å². The highest BCUT2D eigenvalue weighted by Crippen LogP contribution is 2.67. The van der Waals surface area contributed by atoms with E-state index >= 15 is 0 Å². The molecule has 0 aromatic rings. The first-order valence-corrected chi connectivity index (χ1v) is 10.9. The minimum Gasteiger partial charge on any atom is -0.493 e. The van der Waals surface area contributed by atoms with Crippen LogP contribution < -0.4 is 5.73 Å². The van der Waals surface area contributed by atoms with Crippen molar-refractivity contribution in [2.24, 2.45) is 28.9 Å². The molecule has 166 valence electrons. The maximum absolute atomic E-state index is 12.6. The van der Waals surface area contributed by atoms with E-state index < -0.39 is 24.1 Å². The number of carbonyl (C=O) groups is 2. The number of allylic oxidation sites excluding steroid dienone is 3. The van der Waals surface area contributed by atoms with Crippen LogP contribution in [0.2, 0.25) is 0 Å². The molecule has 0 amide bonds. The number of aliphatic carboxylic acids is 1. The number of carboxylic acid groups (broad SMARTS) is 1. The lowest BCUT2D eigenvalue weighted by Gasteiger charge is -2.58. The summed E-state index contributed by atoms with van der Waals surface area (Å²) in [6.45, 7) is 0.941. The summed E-state index contributed by atoms with van der Waals surface area (Å²) in [6, 6.07) is -0.638. The topological polar surface area (TPSA) is 111 Å². The summed E-state index contributed by atoms with van der Waals surface area (Å²) in [5.41, 5.74) is 8.85. The molecular formula is C23H28N2O6. The lowest BCUT2D eigenvalue weighted by Crippen LogP contribution is -2.63. The second kappa shape index (κ2) is 7.26. The van der Waals surface area contributed by atoms with Crippen LogP contribution in [-0.4, -0.2) is 60.8 Å². The van der Waals surface area contributed by atoms with Crippen molar-refractivity contribution in [3.63, 3.8) is 0 Å². The van der Waals surface area contributed by atoms with Gasteiger partial charge in [-0.1, -0.05) is 11.8 Å². The van der Waals surface area contributed by atoms with Gasteiger partial charge in [0, 0.05) is 29.7 Å². The summed E-state index contributed by atoms with van der Waals surface area (Å²) in [7, 11) is 3.81. The highest BCUT2D eigenvalue weighted by atomic mass is 16.6. The molecule has 8 nitrogen and oxygen atoms in total. The van der Waals surface area contributed by atoms with Crippen molar-refractivity contribution in [3.05, 3.63) is 41.2 Å². The van der Waals surface area contributed by atoms with Gasteiger partial charge in [0.15, 0.2) is 17.6 Å². The van der Waals surface area contributed by atoms with Crippen molar-refractivity contribution in [1.29, 1.82) is 0 Å². The lowest BCUT2D eigenvalue weighted by molar-refractivity contribution is -0.147. The predicted octanol–water partition coefficient (Wildman–Crippen LogP) is 1.54. The zero-order valence-corrected chi connectivity index (χ0v) is 17.7. The molecule has 5 aliphatic rings. The summed E-state index contributed by atoms with van der Waals surface area (Å²) < 4.78 is 17.8. The van der Waals surface area contributed by atoms with Crippen molar-refractivity contribution in [2.45, 2.75) is 43.9 Å². The van der Waals surface area contributed by atoms with E-state index in [9.17, 15) is 9.59 Å². The van der Waals surface area contributed by atoms with Crippen molar-refractivity contribution in [2.75, 3.05) is 20.7 Å². The molecule has 1 spiro atoms. The summed E-state index contributed by atoms with van der Waals surface area (Å²) in [5, 5.41) is 8.86. The van der Waals surface area contributed by atoms with Crippen LogP contribution in [0.1, 0.15) is 25.7 Å². The Morgan fingerprint density at radius 1 is 1.48 bits per heavy atom. The van der Waals surface area contributed by atoms with E-state index in [1.54, 1.807) is 7.11 Å². The number of rotatable bonds is 6. The molecule has 8 heteroatoms. The van der Waals surface area contributed by atoms with Crippen LogP contribution in [0.25, 0.3) is 0 Å². The first-order chi connectivity index (χ1) is 14.9. The maximum Gasteiger partial charge on any atom is 0.328 e. The average Bonchev–Trinajstić information content (AvgIpc) is 3.10. The molecule has 0 aromatic heterocycles. The molecule has 5 rings (SSSR count). The van der Waals surface area contributed by atoms with E-state index in [4.69, 9.17) is 25.1 Å². The average molecular weight is 428 g/mol. The first kappa shape index (κ1) is 20.4. The molecule has 0 aromatic carbocycles. The molecule has 7 atom stereocenters. The molecule has 31 heavy (non-hydrogen) atoms. The van der Waals surface area contributed by atoms with Crippen LogP contribution in [-0.2, 0) is 23.8 Å². The molecule has 3 fully saturated rings. The number of nitrogens with zero attached hydrogens (tertiary/aromatic N) is 1. The van der Waals surface area contributed by atoms with Crippen LogP contribution in [0.4, 0.5) is 0 Å². The van der Waals surface area contributed by atoms with Gasteiger partial charge >= 0.3 is 11.9 Å². The lowest BCUT2D eigenvalue weighted by atomic mass is 9.48. The van der Waals surface area contributed by atoms with Crippen LogP contribution >= 0.6 is 0 Å². The van der Waals surface area contributed by atoms with Crippen LogP contribution in [0.3, 0.4) is 0 Å². The second-order valence-electron chi connectivity index (χ2n) is 9.24. The van der Waals surface area contributed by atoms with Gasteiger partial charge in [0.2, 0.25) is 0 Å². The normalized spacial score (nSPS) is 38.2. The van der Waals surface area contributed by atoms with Crippen molar-refractivity contribution < 1.29 is 28.9 Å². The SMILES string of the molecule is COC1=C2O[C@H]3C(OC(=O)[C@@H](N)CCC(=O)O)=C=C[C@H]4[C@H]5CC(C=C1)C2[C@@]34CCN5C. The zero-order valence-electron chi connectivity index (χ0n) is 17.7. The third kappa shape index (κ3) is 2.89. The Bertz CT molecular complexity index is 948. The van der Waals surface area contributed by atoms with Crippen LogP contribution in [0.15, 0.2) is 41.2 Å². The molecule has 2 unspecified atom stereocenters. The minimum absolute atomic E-state index is 0.0188. The standard InChI is InChI=1S/C23H28N2O6/c1-25-10-9-23-13-4-7-17(30-22(28)14(24)5-8-18(26)27)21(23)31-20-16(29-2)6-3-12(19(20)23)11-15(13)25/h3-4,6,12-15,19,21H,5,8-11,24H2,1-2H3,(H,26,27)/t12?,13-,14-,15+,19?,21-,23-/m0/s1. The quantitative estimate of drug-likeness (QED) is 0.484. The van der Waals surface area contributed by atoms with E-state index in [-0.39, 0.29) is 30.1 Å².